The zero-order valence-corrected chi connectivity index (χ0v) is 7.92. The van der Waals surface area contributed by atoms with Gasteiger partial charge in [0.15, 0.2) is 5.60 Å². The van der Waals surface area contributed by atoms with E-state index in [1.54, 1.807) is 6.92 Å². The van der Waals surface area contributed by atoms with Crippen molar-refractivity contribution in [3.63, 3.8) is 0 Å². The molecule has 0 aromatic rings. The molecule has 13 heavy (non-hydrogen) atoms. The fourth-order valence-corrected chi connectivity index (χ4v) is 1.04. The van der Waals surface area contributed by atoms with Crippen LogP contribution in [0.5, 0.6) is 0 Å². The van der Waals surface area contributed by atoms with Crippen molar-refractivity contribution < 1.29 is 19.1 Å². The molecule has 4 heteroatoms. The van der Waals surface area contributed by atoms with E-state index in [1.165, 1.54) is 13.2 Å². The molecule has 1 rings (SSSR count). The number of ether oxygens (including phenoxy) is 2. The lowest BCUT2D eigenvalue weighted by Gasteiger charge is -2.20. The fourth-order valence-electron chi connectivity index (χ4n) is 1.04. The van der Waals surface area contributed by atoms with Gasteiger partial charge in [-0.2, -0.15) is 0 Å². The molecule has 1 heterocycles. The van der Waals surface area contributed by atoms with E-state index in [1.807, 2.05) is 6.92 Å². The number of carbonyl (C=O) groups is 2. The van der Waals surface area contributed by atoms with Crippen LogP contribution in [0.1, 0.15) is 20.3 Å². The van der Waals surface area contributed by atoms with Gasteiger partial charge in [-0.3, -0.25) is 4.79 Å². The van der Waals surface area contributed by atoms with E-state index in [0.717, 1.165) is 0 Å². The number of esters is 1. The molecule has 0 amide bonds. The molecular weight excluding hydrogens is 172 g/mol. The molecule has 0 aromatic carbocycles. The second kappa shape index (κ2) is 3.20. The van der Waals surface area contributed by atoms with Crippen LogP contribution in [0.2, 0.25) is 0 Å². The summed E-state index contributed by atoms with van der Waals surface area (Å²) in [5, 5.41) is 0. The van der Waals surface area contributed by atoms with E-state index < -0.39 is 11.6 Å². The number of rotatable bonds is 2. The van der Waals surface area contributed by atoms with Crippen LogP contribution in [0.25, 0.3) is 0 Å². The largest absolute Gasteiger partial charge is 0.472 e. The molecule has 1 unspecified atom stereocenters. The van der Waals surface area contributed by atoms with Crippen LogP contribution in [0, 0.1) is 0 Å². The lowest BCUT2D eigenvalue weighted by molar-refractivity contribution is -0.143. The topological polar surface area (TPSA) is 52.6 Å². The summed E-state index contributed by atoms with van der Waals surface area (Å²) in [6.07, 6.45) is 1.72. The Morgan fingerprint density at radius 1 is 1.69 bits per heavy atom. The van der Waals surface area contributed by atoms with Gasteiger partial charge >= 0.3 is 5.97 Å². The van der Waals surface area contributed by atoms with Gasteiger partial charge < -0.3 is 9.47 Å². The van der Waals surface area contributed by atoms with Gasteiger partial charge in [-0.05, 0) is 13.3 Å². The third-order valence-corrected chi connectivity index (χ3v) is 2.18. The molecule has 1 aliphatic heterocycles. The Morgan fingerprint density at radius 3 is 2.69 bits per heavy atom. The molecule has 1 aliphatic rings. The van der Waals surface area contributed by atoms with Crippen LogP contribution in [0.3, 0.4) is 0 Å². The summed E-state index contributed by atoms with van der Waals surface area (Å²) in [6, 6.07) is 0. The fraction of sp³-hybridized carbons (Fsp3) is 0.556. The second-order valence-corrected chi connectivity index (χ2v) is 3.05. The molecular formula is C9H12O4. The zero-order valence-electron chi connectivity index (χ0n) is 7.92. The van der Waals surface area contributed by atoms with Gasteiger partial charge in [-0.25, -0.2) is 4.79 Å². The highest BCUT2D eigenvalue weighted by molar-refractivity contribution is 6.05. The molecule has 0 spiro atoms. The highest BCUT2D eigenvalue weighted by Gasteiger charge is 2.40. The van der Waals surface area contributed by atoms with Crippen molar-refractivity contribution in [2.24, 2.45) is 0 Å². The van der Waals surface area contributed by atoms with Crippen molar-refractivity contribution in [3.05, 3.63) is 11.8 Å². The van der Waals surface area contributed by atoms with Gasteiger partial charge in [-0.1, -0.05) is 6.92 Å². The average molecular weight is 184 g/mol. The number of ketones is 1. The summed E-state index contributed by atoms with van der Waals surface area (Å²) in [7, 11) is 1.25. The van der Waals surface area contributed by atoms with Gasteiger partial charge in [0, 0.05) is 6.08 Å². The summed E-state index contributed by atoms with van der Waals surface area (Å²) in [5.41, 5.74) is -0.885. The van der Waals surface area contributed by atoms with Gasteiger partial charge in [0.05, 0.1) is 7.11 Å². The first-order valence-electron chi connectivity index (χ1n) is 4.07. The molecule has 0 saturated heterocycles. The third kappa shape index (κ3) is 1.56. The van der Waals surface area contributed by atoms with Crippen LogP contribution in [-0.2, 0) is 19.1 Å². The first-order valence-corrected chi connectivity index (χ1v) is 4.07. The van der Waals surface area contributed by atoms with E-state index in [4.69, 9.17) is 4.74 Å². The predicted octanol–water partition coefficient (Wildman–Crippen LogP) is 0.811. The normalized spacial score (nSPS) is 26.7. The van der Waals surface area contributed by atoms with Crippen molar-refractivity contribution in [2.75, 3.05) is 7.11 Å². The van der Waals surface area contributed by atoms with E-state index in [0.29, 0.717) is 6.42 Å². The molecule has 0 fully saturated rings. The van der Waals surface area contributed by atoms with Crippen molar-refractivity contribution in [1.29, 1.82) is 0 Å². The quantitative estimate of drug-likeness (QED) is 0.596. The van der Waals surface area contributed by atoms with Crippen molar-refractivity contribution in [1.82, 2.24) is 0 Å². The van der Waals surface area contributed by atoms with Gasteiger partial charge in [0.2, 0.25) is 11.5 Å². The standard InChI is InChI=1S/C9H12O4/c1-4-9(2)7(10)5-6(13-9)8(11)12-3/h5H,4H2,1-3H3. The third-order valence-electron chi connectivity index (χ3n) is 2.18. The molecule has 0 aromatic heterocycles. The molecule has 4 nitrogen and oxygen atoms in total. The Bertz CT molecular complexity index is 279. The van der Waals surface area contributed by atoms with Crippen molar-refractivity contribution in [2.45, 2.75) is 25.9 Å². The highest BCUT2D eigenvalue weighted by Crippen LogP contribution is 2.28. The van der Waals surface area contributed by atoms with Crippen LogP contribution in [-0.4, -0.2) is 24.5 Å². The van der Waals surface area contributed by atoms with Crippen molar-refractivity contribution in [3.8, 4) is 0 Å². The lowest BCUT2D eigenvalue weighted by atomic mass is 9.99. The first kappa shape index (κ1) is 9.77. The highest BCUT2D eigenvalue weighted by atomic mass is 16.6. The van der Waals surface area contributed by atoms with E-state index in [2.05, 4.69) is 4.74 Å². The van der Waals surface area contributed by atoms with E-state index in [-0.39, 0.29) is 11.5 Å². The van der Waals surface area contributed by atoms with E-state index >= 15 is 0 Å². The second-order valence-electron chi connectivity index (χ2n) is 3.05. The average Bonchev–Trinajstić information content (AvgIpc) is 2.43. The van der Waals surface area contributed by atoms with Crippen molar-refractivity contribution >= 4 is 11.8 Å². The number of methoxy groups -OCH3 is 1. The Hall–Kier alpha value is -1.32. The molecule has 0 N–H and O–H groups in total. The summed E-state index contributed by atoms with van der Waals surface area (Å²) < 4.78 is 9.64. The molecule has 0 saturated carbocycles. The summed E-state index contributed by atoms with van der Waals surface area (Å²) in [6.45, 7) is 3.48. The number of hydrogen-bond acceptors (Lipinski definition) is 4. The molecule has 72 valence electrons. The summed E-state index contributed by atoms with van der Waals surface area (Å²) in [4.78, 5) is 22.3. The Labute approximate surface area is 76.5 Å². The smallest absolute Gasteiger partial charge is 0.373 e. The maximum absolute atomic E-state index is 11.3. The van der Waals surface area contributed by atoms with Gasteiger partial charge in [-0.15, -0.1) is 0 Å². The zero-order chi connectivity index (χ0) is 10.1. The monoisotopic (exact) mass is 184 g/mol. The summed E-state index contributed by atoms with van der Waals surface area (Å²) >= 11 is 0. The first-order chi connectivity index (χ1) is 6.03. The van der Waals surface area contributed by atoms with Crippen LogP contribution in [0.15, 0.2) is 11.8 Å². The Morgan fingerprint density at radius 2 is 2.31 bits per heavy atom. The van der Waals surface area contributed by atoms with Crippen LogP contribution in [0.4, 0.5) is 0 Å². The SMILES string of the molecule is CCC1(C)OC(C(=O)OC)=CC1=O. The van der Waals surface area contributed by atoms with Crippen LogP contribution < -0.4 is 0 Å². The summed E-state index contributed by atoms with van der Waals surface area (Å²) in [5.74, 6) is -0.794. The maximum Gasteiger partial charge on any atom is 0.373 e. The minimum Gasteiger partial charge on any atom is -0.472 e. The minimum absolute atomic E-state index is 0.00292. The van der Waals surface area contributed by atoms with E-state index in [9.17, 15) is 9.59 Å². The number of carbonyl (C=O) groups excluding carboxylic acids is 2. The Kier molecular flexibility index (Phi) is 2.40. The van der Waals surface area contributed by atoms with Gasteiger partial charge in [0.1, 0.15) is 0 Å². The predicted molar refractivity (Wildman–Crippen MR) is 44.9 cm³/mol. The minimum atomic E-state index is -0.885. The molecule has 1 atom stereocenters. The lowest BCUT2D eigenvalue weighted by Crippen LogP contribution is -2.32. The maximum atomic E-state index is 11.3. The Balaban J connectivity index is 2.82. The molecule has 0 aliphatic carbocycles. The molecule has 0 bridgehead atoms. The van der Waals surface area contributed by atoms with Gasteiger partial charge in [0.25, 0.3) is 0 Å². The van der Waals surface area contributed by atoms with Crippen LogP contribution >= 0.6 is 0 Å². The number of hydrogen-bond donors (Lipinski definition) is 0. The molecule has 0 radical (unpaired) electrons.